The summed E-state index contributed by atoms with van der Waals surface area (Å²) in [5, 5.41) is 8.00. The van der Waals surface area contributed by atoms with Crippen molar-refractivity contribution in [2.24, 2.45) is 13.0 Å². The molecule has 1 aliphatic rings. The third-order valence-corrected chi connectivity index (χ3v) is 4.36. The van der Waals surface area contributed by atoms with Crippen molar-refractivity contribution in [1.29, 1.82) is 0 Å². The Balaban J connectivity index is 1.83. The molecule has 1 aromatic carbocycles. The van der Waals surface area contributed by atoms with Crippen molar-refractivity contribution in [2.45, 2.75) is 32.2 Å². The molecule has 1 N–H and O–H groups in total. The molecular weight excluding hydrogens is 246 g/mol. The second-order valence-corrected chi connectivity index (χ2v) is 5.75. The molecule has 1 heterocycles. The van der Waals surface area contributed by atoms with Crippen LogP contribution in [-0.4, -0.2) is 16.3 Å². The van der Waals surface area contributed by atoms with Crippen molar-refractivity contribution in [1.82, 2.24) is 15.1 Å². The van der Waals surface area contributed by atoms with Gasteiger partial charge in [-0.15, -0.1) is 0 Å². The lowest BCUT2D eigenvalue weighted by molar-refractivity contribution is 0.330. The van der Waals surface area contributed by atoms with Gasteiger partial charge in [-0.1, -0.05) is 31.2 Å². The lowest BCUT2D eigenvalue weighted by atomic mass is 9.78. The number of rotatable bonds is 4. The summed E-state index contributed by atoms with van der Waals surface area (Å²) in [7, 11) is 1.99. The number of nitrogens with zero attached hydrogens (tertiary/aromatic N) is 2. The first-order chi connectivity index (χ1) is 9.78. The zero-order chi connectivity index (χ0) is 13.9. The lowest BCUT2D eigenvalue weighted by Gasteiger charge is -2.31. The molecule has 3 heteroatoms. The third-order valence-electron chi connectivity index (χ3n) is 4.36. The first-order valence-corrected chi connectivity index (χ1v) is 7.56. The molecule has 2 atom stereocenters. The van der Waals surface area contributed by atoms with Gasteiger partial charge in [-0.3, -0.25) is 4.68 Å². The van der Waals surface area contributed by atoms with E-state index in [0.717, 1.165) is 6.54 Å². The van der Waals surface area contributed by atoms with Crippen LogP contribution in [0.3, 0.4) is 0 Å². The maximum absolute atomic E-state index is 4.34. The largest absolute Gasteiger partial charge is 0.310 e. The van der Waals surface area contributed by atoms with Crippen LogP contribution >= 0.6 is 0 Å². The predicted octanol–water partition coefficient (Wildman–Crippen LogP) is 2.88. The van der Waals surface area contributed by atoms with Crippen molar-refractivity contribution in [3.8, 4) is 0 Å². The average Bonchev–Trinajstić information content (AvgIpc) is 2.90. The summed E-state index contributed by atoms with van der Waals surface area (Å²) >= 11 is 0. The van der Waals surface area contributed by atoms with E-state index in [0.29, 0.717) is 12.0 Å². The average molecular weight is 269 g/mol. The van der Waals surface area contributed by atoms with Crippen molar-refractivity contribution >= 4 is 0 Å². The second kappa shape index (κ2) is 5.80. The molecule has 0 fully saturated rings. The molecule has 0 bridgehead atoms. The summed E-state index contributed by atoms with van der Waals surface area (Å²) in [6, 6.07) is 9.29. The van der Waals surface area contributed by atoms with Crippen molar-refractivity contribution in [3.63, 3.8) is 0 Å². The maximum Gasteiger partial charge on any atom is 0.0537 e. The van der Waals surface area contributed by atoms with Crippen LogP contribution in [0.4, 0.5) is 0 Å². The van der Waals surface area contributed by atoms with Crippen LogP contribution in [0.2, 0.25) is 0 Å². The van der Waals surface area contributed by atoms with E-state index < -0.39 is 0 Å². The quantitative estimate of drug-likeness (QED) is 0.925. The highest BCUT2D eigenvalue weighted by Crippen LogP contribution is 2.34. The summed E-state index contributed by atoms with van der Waals surface area (Å²) in [4.78, 5) is 0. The van der Waals surface area contributed by atoms with E-state index in [1.165, 1.54) is 36.0 Å². The highest BCUT2D eigenvalue weighted by atomic mass is 15.2. The van der Waals surface area contributed by atoms with E-state index in [9.17, 15) is 0 Å². The fraction of sp³-hybridized carbons (Fsp3) is 0.471. The molecular formula is C17H23N3. The summed E-state index contributed by atoms with van der Waals surface area (Å²) in [5.41, 5.74) is 4.37. The van der Waals surface area contributed by atoms with Crippen molar-refractivity contribution < 1.29 is 0 Å². The molecule has 0 radical (unpaired) electrons. The van der Waals surface area contributed by atoms with Gasteiger partial charge in [-0.05, 0) is 42.9 Å². The van der Waals surface area contributed by atoms with Gasteiger partial charge in [-0.2, -0.15) is 5.10 Å². The predicted molar refractivity (Wildman–Crippen MR) is 81.6 cm³/mol. The normalized spacial score (nSPS) is 19.6. The zero-order valence-corrected chi connectivity index (χ0v) is 12.3. The second-order valence-electron chi connectivity index (χ2n) is 5.75. The van der Waals surface area contributed by atoms with Crippen LogP contribution in [0.1, 0.15) is 36.1 Å². The van der Waals surface area contributed by atoms with Crippen LogP contribution in [0.5, 0.6) is 0 Å². The molecule has 0 saturated carbocycles. The number of nitrogens with one attached hydrogen (secondary N) is 1. The minimum absolute atomic E-state index is 0.419. The Hall–Kier alpha value is -1.61. The maximum atomic E-state index is 4.34. The summed E-state index contributed by atoms with van der Waals surface area (Å²) < 4.78 is 1.90. The van der Waals surface area contributed by atoms with Gasteiger partial charge >= 0.3 is 0 Å². The molecule has 2 aromatic rings. The van der Waals surface area contributed by atoms with Gasteiger partial charge in [0.2, 0.25) is 0 Å². The molecule has 0 aliphatic heterocycles. The Bertz CT molecular complexity index is 573. The number of benzene rings is 1. The molecule has 0 amide bonds. The van der Waals surface area contributed by atoms with E-state index in [1.54, 1.807) is 0 Å². The van der Waals surface area contributed by atoms with Gasteiger partial charge in [0.25, 0.3) is 0 Å². The lowest BCUT2D eigenvalue weighted by Crippen LogP contribution is -2.31. The monoisotopic (exact) mass is 269 g/mol. The van der Waals surface area contributed by atoms with Gasteiger partial charge in [0.05, 0.1) is 6.20 Å². The molecule has 1 aliphatic carbocycles. The Morgan fingerprint density at radius 2 is 2.15 bits per heavy atom. The van der Waals surface area contributed by atoms with Crippen molar-refractivity contribution in [2.75, 3.05) is 6.54 Å². The van der Waals surface area contributed by atoms with Gasteiger partial charge < -0.3 is 5.32 Å². The fourth-order valence-corrected chi connectivity index (χ4v) is 3.39. The molecule has 3 nitrogen and oxygen atoms in total. The van der Waals surface area contributed by atoms with Crippen LogP contribution in [0.15, 0.2) is 36.7 Å². The standard InChI is InChI=1S/C17H23N3/c1-3-18-17(16-11-19-20(2)12-16)15-9-8-13-6-4-5-7-14(13)10-15/h4-7,11-12,15,17-18H,3,8-10H2,1-2H3. The van der Waals surface area contributed by atoms with E-state index in [4.69, 9.17) is 0 Å². The Labute approximate surface area is 121 Å². The highest BCUT2D eigenvalue weighted by molar-refractivity contribution is 5.30. The zero-order valence-electron chi connectivity index (χ0n) is 12.3. The number of aromatic nitrogens is 2. The highest BCUT2D eigenvalue weighted by Gasteiger charge is 2.27. The van der Waals surface area contributed by atoms with Gasteiger partial charge in [0.15, 0.2) is 0 Å². The third kappa shape index (κ3) is 2.63. The number of hydrogen-bond acceptors (Lipinski definition) is 2. The van der Waals surface area contributed by atoms with Gasteiger partial charge in [0, 0.05) is 24.8 Å². The minimum atomic E-state index is 0.419. The molecule has 0 spiro atoms. The summed E-state index contributed by atoms with van der Waals surface area (Å²) in [6.45, 7) is 3.18. The SMILES string of the molecule is CCNC(c1cnn(C)c1)C1CCc2ccccc2C1. The molecule has 20 heavy (non-hydrogen) atoms. The molecule has 1 aromatic heterocycles. The van der Waals surface area contributed by atoms with E-state index in [1.807, 2.05) is 17.9 Å². The molecule has 3 rings (SSSR count). The molecule has 0 saturated heterocycles. The first-order valence-electron chi connectivity index (χ1n) is 7.56. The molecule has 2 unspecified atom stereocenters. The van der Waals surface area contributed by atoms with E-state index in [2.05, 4.69) is 47.8 Å². The van der Waals surface area contributed by atoms with Crippen LogP contribution in [0, 0.1) is 5.92 Å². The van der Waals surface area contributed by atoms with Crippen LogP contribution < -0.4 is 5.32 Å². The smallest absolute Gasteiger partial charge is 0.0537 e. The Morgan fingerprint density at radius 3 is 2.85 bits per heavy atom. The Morgan fingerprint density at radius 1 is 1.35 bits per heavy atom. The molecule has 106 valence electrons. The summed E-state index contributed by atoms with van der Waals surface area (Å²) in [5.74, 6) is 0.661. The van der Waals surface area contributed by atoms with Gasteiger partial charge in [-0.25, -0.2) is 0 Å². The fourth-order valence-electron chi connectivity index (χ4n) is 3.39. The van der Waals surface area contributed by atoms with Crippen LogP contribution in [-0.2, 0) is 19.9 Å². The first kappa shape index (κ1) is 13.4. The minimum Gasteiger partial charge on any atom is -0.310 e. The van der Waals surface area contributed by atoms with Crippen LogP contribution in [0.25, 0.3) is 0 Å². The van der Waals surface area contributed by atoms with Gasteiger partial charge in [0.1, 0.15) is 0 Å². The number of fused-ring (bicyclic) bond motifs is 1. The number of hydrogen-bond donors (Lipinski definition) is 1. The topological polar surface area (TPSA) is 29.9 Å². The van der Waals surface area contributed by atoms with E-state index >= 15 is 0 Å². The van der Waals surface area contributed by atoms with E-state index in [-0.39, 0.29) is 0 Å². The van der Waals surface area contributed by atoms with Crippen molar-refractivity contribution in [3.05, 3.63) is 53.3 Å². The Kier molecular flexibility index (Phi) is 3.88. The number of aryl methyl sites for hydroxylation is 2. The summed E-state index contributed by atoms with van der Waals surface area (Å²) in [6.07, 6.45) is 7.77.